The van der Waals surface area contributed by atoms with Crippen molar-refractivity contribution in [3.63, 3.8) is 0 Å². The minimum Gasteiger partial charge on any atom is -0.331 e. The maximum Gasteiger partial charge on any atom is 0.223 e. The average molecular weight is 387 g/mol. The molecule has 1 aliphatic rings. The summed E-state index contributed by atoms with van der Waals surface area (Å²) >= 11 is 0. The summed E-state index contributed by atoms with van der Waals surface area (Å²) in [5.41, 5.74) is 3.71. The van der Waals surface area contributed by atoms with Crippen LogP contribution in [0.5, 0.6) is 0 Å². The zero-order valence-electron chi connectivity index (χ0n) is 16.7. The summed E-state index contributed by atoms with van der Waals surface area (Å²) in [5.74, 6) is 0.359. The summed E-state index contributed by atoms with van der Waals surface area (Å²) in [5, 5.41) is 0. The van der Waals surface area contributed by atoms with E-state index in [9.17, 15) is 4.79 Å². The molecule has 0 atom stereocenters. The van der Waals surface area contributed by atoms with Crippen LogP contribution in [0.25, 0.3) is 0 Å². The normalized spacial score (nSPS) is 14.9. The van der Waals surface area contributed by atoms with Gasteiger partial charge in [-0.2, -0.15) is 0 Å². The fraction of sp³-hybridized carbons (Fsp3) is 0.280. The van der Waals surface area contributed by atoms with E-state index in [0.29, 0.717) is 6.42 Å². The number of benzene rings is 2. The molecule has 1 aromatic heterocycles. The Morgan fingerprint density at radius 3 is 1.97 bits per heavy atom. The number of hydrogen-bond donors (Lipinski definition) is 1. The number of rotatable bonds is 6. The molecule has 0 bridgehead atoms. The summed E-state index contributed by atoms with van der Waals surface area (Å²) in [6.07, 6.45) is 4.22. The van der Waals surface area contributed by atoms with Gasteiger partial charge < -0.3 is 9.80 Å². The van der Waals surface area contributed by atoms with Gasteiger partial charge in [-0.05, 0) is 23.3 Å². The van der Waals surface area contributed by atoms with E-state index < -0.39 is 0 Å². The lowest BCUT2D eigenvalue weighted by molar-refractivity contribution is -0.917. The molecule has 0 radical (unpaired) electrons. The van der Waals surface area contributed by atoms with E-state index in [2.05, 4.69) is 70.5 Å². The van der Waals surface area contributed by atoms with Crippen LogP contribution in [0.1, 0.15) is 29.0 Å². The molecule has 1 amide bonds. The third kappa shape index (κ3) is 5.09. The second kappa shape index (κ2) is 9.48. The molecule has 148 valence electrons. The van der Waals surface area contributed by atoms with Gasteiger partial charge in [-0.15, -0.1) is 0 Å². The summed E-state index contributed by atoms with van der Waals surface area (Å²) in [7, 11) is 0. The largest absolute Gasteiger partial charge is 0.331 e. The van der Waals surface area contributed by atoms with Gasteiger partial charge in [0.25, 0.3) is 0 Å². The van der Waals surface area contributed by atoms with Crippen molar-refractivity contribution in [1.82, 2.24) is 9.88 Å². The molecule has 29 heavy (non-hydrogen) atoms. The predicted molar refractivity (Wildman–Crippen MR) is 115 cm³/mol. The summed E-state index contributed by atoms with van der Waals surface area (Å²) in [4.78, 5) is 20.8. The van der Waals surface area contributed by atoms with E-state index >= 15 is 0 Å². The van der Waals surface area contributed by atoms with Gasteiger partial charge in [-0.25, -0.2) is 0 Å². The number of nitrogens with zero attached hydrogens (tertiary/aromatic N) is 2. The van der Waals surface area contributed by atoms with E-state index in [1.807, 2.05) is 24.5 Å². The Morgan fingerprint density at radius 1 is 0.862 bits per heavy atom. The Labute approximate surface area is 172 Å². The third-order valence-corrected chi connectivity index (χ3v) is 5.81. The van der Waals surface area contributed by atoms with Gasteiger partial charge in [0.05, 0.1) is 26.2 Å². The van der Waals surface area contributed by atoms with Crippen LogP contribution < -0.4 is 4.90 Å². The molecule has 3 aromatic rings. The average Bonchev–Trinajstić information content (AvgIpc) is 2.80. The highest BCUT2D eigenvalue weighted by molar-refractivity contribution is 5.78. The van der Waals surface area contributed by atoms with Crippen LogP contribution in [0, 0.1) is 0 Å². The molecule has 1 N–H and O–H groups in total. The van der Waals surface area contributed by atoms with Crippen LogP contribution in [-0.2, 0) is 11.3 Å². The first kappa shape index (κ1) is 19.3. The maximum atomic E-state index is 13.1. The molecule has 2 aromatic carbocycles. The second-order valence-electron chi connectivity index (χ2n) is 7.74. The molecular formula is C25H28N3O+. The Balaban J connectivity index is 1.39. The monoisotopic (exact) mass is 386 g/mol. The molecule has 0 spiro atoms. The summed E-state index contributed by atoms with van der Waals surface area (Å²) < 4.78 is 0. The molecule has 0 saturated carbocycles. The van der Waals surface area contributed by atoms with Gasteiger partial charge in [-0.1, -0.05) is 60.7 Å². The van der Waals surface area contributed by atoms with Crippen molar-refractivity contribution in [3.8, 4) is 0 Å². The molecule has 1 saturated heterocycles. The Kier molecular flexibility index (Phi) is 6.32. The van der Waals surface area contributed by atoms with Gasteiger partial charge in [0, 0.05) is 30.3 Å². The minimum absolute atomic E-state index is 0.104. The quantitative estimate of drug-likeness (QED) is 0.707. The predicted octanol–water partition coefficient (Wildman–Crippen LogP) is 2.53. The van der Waals surface area contributed by atoms with Crippen molar-refractivity contribution in [2.45, 2.75) is 18.9 Å². The number of carbonyl (C=O) groups is 1. The van der Waals surface area contributed by atoms with Gasteiger partial charge >= 0.3 is 0 Å². The highest BCUT2D eigenvalue weighted by atomic mass is 16.2. The first-order valence-electron chi connectivity index (χ1n) is 10.4. The van der Waals surface area contributed by atoms with Crippen molar-refractivity contribution in [2.75, 3.05) is 26.2 Å². The number of carbonyl (C=O) groups excluding carboxylic acids is 1. The fourth-order valence-electron chi connectivity index (χ4n) is 4.14. The lowest BCUT2D eigenvalue weighted by atomic mass is 9.88. The van der Waals surface area contributed by atoms with Gasteiger partial charge in [0.1, 0.15) is 6.54 Å². The lowest BCUT2D eigenvalue weighted by Crippen LogP contribution is -3.13. The van der Waals surface area contributed by atoms with E-state index in [4.69, 9.17) is 0 Å². The molecular weight excluding hydrogens is 358 g/mol. The number of quaternary nitrogens is 1. The molecule has 4 heteroatoms. The van der Waals surface area contributed by atoms with Crippen molar-refractivity contribution >= 4 is 5.91 Å². The topological polar surface area (TPSA) is 37.6 Å². The number of amides is 1. The van der Waals surface area contributed by atoms with Crippen LogP contribution in [0.4, 0.5) is 0 Å². The first-order valence-corrected chi connectivity index (χ1v) is 10.4. The van der Waals surface area contributed by atoms with Crippen molar-refractivity contribution in [3.05, 3.63) is 102 Å². The van der Waals surface area contributed by atoms with Crippen molar-refractivity contribution in [1.29, 1.82) is 0 Å². The summed E-state index contributed by atoms with van der Waals surface area (Å²) in [6, 6.07) is 24.9. The second-order valence-corrected chi connectivity index (χ2v) is 7.74. The number of pyridine rings is 1. The van der Waals surface area contributed by atoms with Crippen LogP contribution in [0.3, 0.4) is 0 Å². The SMILES string of the molecule is O=C(CC(c1ccccc1)c1ccccc1)N1CC[NH+](Cc2ccncc2)CC1. The van der Waals surface area contributed by atoms with Gasteiger partial charge in [0.2, 0.25) is 5.91 Å². The van der Waals surface area contributed by atoms with E-state index in [1.54, 1.807) is 0 Å². The molecule has 0 aliphatic carbocycles. The third-order valence-electron chi connectivity index (χ3n) is 5.81. The van der Waals surface area contributed by atoms with Crippen molar-refractivity contribution in [2.24, 2.45) is 0 Å². The van der Waals surface area contributed by atoms with Crippen LogP contribution in [-0.4, -0.2) is 42.0 Å². The van der Waals surface area contributed by atoms with Crippen molar-refractivity contribution < 1.29 is 9.69 Å². The molecule has 0 unspecified atom stereocenters. The molecule has 1 fully saturated rings. The van der Waals surface area contributed by atoms with Gasteiger partial charge in [0.15, 0.2) is 0 Å². The lowest BCUT2D eigenvalue weighted by Gasteiger charge is -2.33. The van der Waals surface area contributed by atoms with Crippen LogP contribution in [0.15, 0.2) is 85.2 Å². The molecule has 4 nitrogen and oxygen atoms in total. The standard InChI is InChI=1S/C25H27N3O/c29-25(28-17-15-27(16-18-28)20-21-11-13-26-14-12-21)19-24(22-7-3-1-4-8-22)23-9-5-2-6-10-23/h1-14,24H,15-20H2/p+1. The number of aromatic nitrogens is 1. The zero-order valence-corrected chi connectivity index (χ0v) is 16.7. The Morgan fingerprint density at radius 2 is 1.41 bits per heavy atom. The maximum absolute atomic E-state index is 13.1. The van der Waals surface area contributed by atoms with E-state index in [-0.39, 0.29) is 11.8 Å². The Bertz CT molecular complexity index is 852. The minimum atomic E-state index is 0.104. The Hall–Kier alpha value is -2.98. The highest BCUT2D eigenvalue weighted by Gasteiger charge is 2.26. The summed E-state index contributed by atoms with van der Waals surface area (Å²) in [6.45, 7) is 4.65. The first-order chi connectivity index (χ1) is 14.3. The van der Waals surface area contributed by atoms with E-state index in [1.165, 1.54) is 21.6 Å². The number of hydrogen-bond acceptors (Lipinski definition) is 2. The molecule has 1 aliphatic heterocycles. The number of nitrogens with one attached hydrogen (secondary N) is 1. The van der Waals surface area contributed by atoms with Crippen LogP contribution >= 0.6 is 0 Å². The van der Waals surface area contributed by atoms with E-state index in [0.717, 1.165) is 32.7 Å². The molecule has 4 rings (SSSR count). The highest BCUT2D eigenvalue weighted by Crippen LogP contribution is 2.28. The van der Waals surface area contributed by atoms with Crippen LogP contribution in [0.2, 0.25) is 0 Å². The smallest absolute Gasteiger partial charge is 0.223 e. The molecule has 2 heterocycles. The van der Waals surface area contributed by atoms with Gasteiger partial charge in [-0.3, -0.25) is 9.78 Å². The fourth-order valence-corrected chi connectivity index (χ4v) is 4.14. The number of piperazine rings is 1. The zero-order chi connectivity index (χ0) is 19.9.